The van der Waals surface area contributed by atoms with E-state index >= 15 is 0 Å². The normalized spacial score (nSPS) is 10.9. The molecule has 0 aliphatic carbocycles. The lowest BCUT2D eigenvalue weighted by molar-refractivity contribution is 1.22. The van der Waals surface area contributed by atoms with Crippen molar-refractivity contribution in [3.05, 3.63) is 191 Å². The smallest absolute Gasteiger partial charge is 0.0503 e. The van der Waals surface area contributed by atoms with Gasteiger partial charge in [-0.15, -0.1) is 0 Å². The fourth-order valence-corrected chi connectivity index (χ4v) is 7.44. The molecule has 0 radical (unpaired) electrons. The summed E-state index contributed by atoms with van der Waals surface area (Å²) < 4.78 is 6.11. The van der Waals surface area contributed by atoms with E-state index in [1.807, 2.05) is 0 Å². The summed E-state index contributed by atoms with van der Waals surface area (Å²) >= 11 is 21.9. The summed E-state index contributed by atoms with van der Waals surface area (Å²) in [6, 6.07) is 57.4. The quantitative estimate of drug-likeness (QED) is 0.143. The Morgan fingerprint density at radius 1 is 0.196 bits per heavy atom. The summed E-state index contributed by atoms with van der Waals surface area (Å²) in [6.45, 7) is 0. The van der Waals surface area contributed by atoms with Crippen LogP contribution in [-0.4, -0.2) is 0 Å². The van der Waals surface area contributed by atoms with Crippen molar-refractivity contribution >= 4 is 147 Å². The molecule has 3 nitrogen and oxygen atoms in total. The predicted molar refractivity (Wildman–Crippen MR) is 237 cm³/mol. The molecule has 7 rings (SSSR count). The number of benzene rings is 7. The fraction of sp³-hybridized carbons (Fsp3) is 0. The van der Waals surface area contributed by atoms with Crippen LogP contribution < -0.4 is 14.7 Å². The van der Waals surface area contributed by atoms with Gasteiger partial charge in [0.2, 0.25) is 0 Å². The zero-order chi connectivity index (χ0) is 35.5. The number of rotatable bonds is 9. The predicted octanol–water partition coefficient (Wildman–Crippen LogP) is 16.7. The van der Waals surface area contributed by atoms with Gasteiger partial charge in [0.1, 0.15) is 0 Å². The Morgan fingerprint density at radius 3 is 0.471 bits per heavy atom. The average Bonchev–Trinajstić information content (AvgIpc) is 3.13. The molecule has 0 spiro atoms. The third-order valence-electron chi connectivity index (χ3n) is 8.17. The van der Waals surface area contributed by atoms with Crippen molar-refractivity contribution < 1.29 is 0 Å². The minimum Gasteiger partial charge on any atom is -0.310 e. The van der Waals surface area contributed by atoms with Crippen LogP contribution in [-0.2, 0) is 0 Å². The Kier molecular flexibility index (Phi) is 11.5. The maximum absolute atomic E-state index is 3.65. The third kappa shape index (κ3) is 8.56. The Balaban J connectivity index is 1.54. The molecule has 0 heterocycles. The number of hydrogen-bond acceptors (Lipinski definition) is 3. The molecule has 0 amide bonds. The molecular weight excluding hydrogens is 1030 g/mol. The van der Waals surface area contributed by atoms with Gasteiger partial charge in [0.25, 0.3) is 0 Å². The Labute approximate surface area is 348 Å². The van der Waals surface area contributed by atoms with Crippen LogP contribution in [0.3, 0.4) is 0 Å². The van der Waals surface area contributed by atoms with Crippen LogP contribution in [0.5, 0.6) is 0 Å². The topological polar surface area (TPSA) is 9.72 Å². The Hall–Kier alpha value is -3.18. The van der Waals surface area contributed by atoms with Gasteiger partial charge in [0.15, 0.2) is 0 Å². The molecule has 0 bridgehead atoms. The monoisotopic (exact) mass is 1050 g/mol. The van der Waals surface area contributed by atoms with Gasteiger partial charge < -0.3 is 14.7 Å². The highest BCUT2D eigenvalue weighted by Crippen LogP contribution is 2.46. The SMILES string of the molecule is Brc1ccc(N(c2ccc(Br)cc2)c2cc(N(c3ccc(Br)cc3)c3ccc(Br)cc3)cc(N(c3ccc(Br)cc3)c3ccc(Br)cc3)c2)cc1. The lowest BCUT2D eigenvalue weighted by Crippen LogP contribution is -2.16. The van der Waals surface area contributed by atoms with Crippen molar-refractivity contribution in [1.82, 2.24) is 0 Å². The first-order chi connectivity index (χ1) is 24.7. The molecule has 7 aromatic carbocycles. The van der Waals surface area contributed by atoms with Crippen LogP contribution in [0.1, 0.15) is 0 Å². The lowest BCUT2D eigenvalue weighted by atomic mass is 10.1. The highest BCUT2D eigenvalue weighted by Gasteiger charge is 2.22. The van der Waals surface area contributed by atoms with E-state index in [4.69, 9.17) is 0 Å². The molecule has 9 heteroatoms. The zero-order valence-corrected chi connectivity index (χ0v) is 36.2. The van der Waals surface area contributed by atoms with Crippen LogP contribution in [0.25, 0.3) is 0 Å². The van der Waals surface area contributed by atoms with E-state index in [9.17, 15) is 0 Å². The van der Waals surface area contributed by atoms with E-state index in [2.05, 4.69) is 274 Å². The first-order valence-corrected chi connectivity index (χ1v) is 20.6. The van der Waals surface area contributed by atoms with Crippen molar-refractivity contribution in [3.8, 4) is 0 Å². The average molecular weight is 1050 g/mol. The molecule has 7 aromatic rings. The first-order valence-electron chi connectivity index (χ1n) is 15.8. The molecule has 0 N–H and O–H groups in total. The third-order valence-corrected chi connectivity index (χ3v) is 11.3. The minimum atomic E-state index is 0.991. The van der Waals surface area contributed by atoms with Crippen molar-refractivity contribution in [2.45, 2.75) is 0 Å². The molecule has 0 saturated carbocycles. The van der Waals surface area contributed by atoms with Crippen molar-refractivity contribution in [1.29, 1.82) is 0 Å². The zero-order valence-electron chi connectivity index (χ0n) is 26.7. The van der Waals surface area contributed by atoms with E-state index in [-0.39, 0.29) is 0 Å². The molecule has 0 atom stereocenters. The molecule has 0 aliphatic heterocycles. The van der Waals surface area contributed by atoms with Gasteiger partial charge in [-0.05, 0) is 164 Å². The van der Waals surface area contributed by atoms with Crippen LogP contribution >= 0.6 is 95.6 Å². The van der Waals surface area contributed by atoms with Crippen LogP contribution in [0.2, 0.25) is 0 Å². The van der Waals surface area contributed by atoms with E-state index in [0.29, 0.717) is 0 Å². The first kappa shape index (κ1) is 36.2. The van der Waals surface area contributed by atoms with Crippen molar-refractivity contribution in [2.24, 2.45) is 0 Å². The Morgan fingerprint density at radius 2 is 0.333 bits per heavy atom. The standard InChI is InChI=1S/C42H27Br6N3/c43-28-1-13-34(14-2-28)49(35-15-3-29(44)4-16-35)40-25-41(50(36-17-5-30(45)6-18-36)37-19-7-31(46)8-20-37)27-42(26-40)51(38-21-9-32(47)10-22-38)39-23-11-33(48)12-24-39/h1-27H. The maximum atomic E-state index is 3.65. The molecule has 0 aromatic heterocycles. The molecule has 51 heavy (non-hydrogen) atoms. The maximum Gasteiger partial charge on any atom is 0.0503 e. The summed E-state index contributed by atoms with van der Waals surface area (Å²) in [5, 5.41) is 0. The number of hydrogen-bond donors (Lipinski definition) is 0. The molecule has 0 fully saturated rings. The number of nitrogens with zero attached hydrogens (tertiary/aromatic N) is 3. The molecule has 0 saturated heterocycles. The molecular formula is C42H27Br6N3. The summed E-state index contributed by atoms with van der Waals surface area (Å²) in [5.41, 5.74) is 9.15. The molecule has 252 valence electrons. The summed E-state index contributed by atoms with van der Waals surface area (Å²) in [5.74, 6) is 0. The summed E-state index contributed by atoms with van der Waals surface area (Å²) in [4.78, 5) is 6.90. The fourth-order valence-electron chi connectivity index (χ4n) is 5.85. The highest BCUT2D eigenvalue weighted by atomic mass is 79.9. The van der Waals surface area contributed by atoms with E-state index in [1.54, 1.807) is 0 Å². The highest BCUT2D eigenvalue weighted by molar-refractivity contribution is 9.11. The van der Waals surface area contributed by atoms with Gasteiger partial charge >= 0.3 is 0 Å². The van der Waals surface area contributed by atoms with Gasteiger partial charge in [0, 0.05) is 61.0 Å². The van der Waals surface area contributed by atoms with Crippen molar-refractivity contribution in [3.63, 3.8) is 0 Å². The molecule has 0 aliphatic rings. The van der Waals surface area contributed by atoms with Crippen LogP contribution in [0.4, 0.5) is 51.2 Å². The second-order valence-corrected chi connectivity index (χ2v) is 17.1. The van der Waals surface area contributed by atoms with E-state index in [0.717, 1.165) is 78.0 Å². The van der Waals surface area contributed by atoms with Crippen LogP contribution in [0, 0.1) is 0 Å². The largest absolute Gasteiger partial charge is 0.310 e. The van der Waals surface area contributed by atoms with Crippen molar-refractivity contribution in [2.75, 3.05) is 14.7 Å². The minimum absolute atomic E-state index is 0.991. The second-order valence-electron chi connectivity index (χ2n) is 11.6. The summed E-state index contributed by atoms with van der Waals surface area (Å²) in [6.07, 6.45) is 0. The van der Waals surface area contributed by atoms with Gasteiger partial charge in [-0.2, -0.15) is 0 Å². The Bertz CT molecular complexity index is 1830. The van der Waals surface area contributed by atoms with Gasteiger partial charge in [0.05, 0.1) is 17.1 Å². The second kappa shape index (κ2) is 16.2. The van der Waals surface area contributed by atoms with Gasteiger partial charge in [-0.1, -0.05) is 95.6 Å². The van der Waals surface area contributed by atoms with E-state index in [1.165, 1.54) is 0 Å². The van der Waals surface area contributed by atoms with Crippen LogP contribution in [0.15, 0.2) is 191 Å². The lowest BCUT2D eigenvalue weighted by Gasteiger charge is -2.33. The summed E-state index contributed by atoms with van der Waals surface area (Å²) in [7, 11) is 0. The number of halogens is 6. The number of anilines is 9. The van der Waals surface area contributed by atoms with Gasteiger partial charge in [-0.3, -0.25) is 0 Å². The van der Waals surface area contributed by atoms with Gasteiger partial charge in [-0.25, -0.2) is 0 Å². The van der Waals surface area contributed by atoms with E-state index < -0.39 is 0 Å². The molecule has 0 unspecified atom stereocenters.